The van der Waals surface area contributed by atoms with Crippen LogP contribution in [0.3, 0.4) is 0 Å². The molecule has 0 aliphatic rings. The highest BCUT2D eigenvalue weighted by Crippen LogP contribution is 2.00. The lowest BCUT2D eigenvalue weighted by Gasteiger charge is -1.89. The Labute approximate surface area is 57.2 Å². The van der Waals surface area contributed by atoms with E-state index in [2.05, 4.69) is 14.9 Å². The normalized spacial score (nSPS) is 9.20. The molecule has 0 amide bonds. The molecule has 1 heterocycles. The van der Waals surface area contributed by atoms with Gasteiger partial charge in [0, 0.05) is 6.07 Å². The summed E-state index contributed by atoms with van der Waals surface area (Å²) in [6.07, 6.45) is 0. The Bertz CT molecular complexity index is 220. The third-order valence-electron chi connectivity index (χ3n) is 0.950. The van der Waals surface area contributed by atoms with Crippen LogP contribution in [0.2, 0.25) is 0 Å². The van der Waals surface area contributed by atoms with Crippen molar-refractivity contribution in [2.45, 2.75) is 6.61 Å². The highest BCUT2D eigenvalue weighted by molar-refractivity contribution is 5.37. The van der Waals surface area contributed by atoms with E-state index in [9.17, 15) is 4.79 Å². The second-order valence-corrected chi connectivity index (χ2v) is 1.72. The van der Waals surface area contributed by atoms with Crippen LogP contribution in [0.25, 0.3) is 0 Å². The summed E-state index contributed by atoms with van der Waals surface area (Å²) < 4.78 is 4.41. The second kappa shape index (κ2) is 2.86. The monoisotopic (exact) mass is 141 g/mol. The van der Waals surface area contributed by atoms with Gasteiger partial charge in [0.1, 0.15) is 18.1 Å². The second-order valence-electron chi connectivity index (χ2n) is 1.72. The number of rotatable bonds is 3. The first-order chi connectivity index (χ1) is 4.83. The number of H-pyrrole nitrogens is 1. The molecule has 1 rings (SSSR count). The zero-order chi connectivity index (χ0) is 7.40. The molecule has 0 fully saturated rings. The predicted molar refractivity (Wildman–Crippen MR) is 33.9 cm³/mol. The van der Waals surface area contributed by atoms with Gasteiger partial charge in [0.2, 0.25) is 0 Å². The summed E-state index contributed by atoms with van der Waals surface area (Å²) in [5.41, 5.74) is 5.90. The fourth-order valence-electron chi connectivity index (χ4n) is 0.574. The first-order valence-corrected chi connectivity index (χ1v) is 2.68. The molecule has 0 spiro atoms. The number of hydrogen-bond acceptors (Lipinski definition) is 4. The molecular weight excluding hydrogens is 134 g/mol. The Hall–Kier alpha value is -1.52. The van der Waals surface area contributed by atoms with Gasteiger partial charge in [-0.2, -0.15) is 5.10 Å². The molecule has 5 heteroatoms. The lowest BCUT2D eigenvalue weighted by molar-refractivity contribution is -0.129. The van der Waals surface area contributed by atoms with Gasteiger partial charge >= 0.3 is 0 Å². The highest BCUT2D eigenvalue weighted by Gasteiger charge is 1.95. The van der Waals surface area contributed by atoms with E-state index in [-0.39, 0.29) is 6.61 Å². The minimum atomic E-state index is 0.164. The van der Waals surface area contributed by atoms with E-state index in [1.807, 2.05) is 0 Å². The quantitative estimate of drug-likeness (QED) is 0.564. The zero-order valence-corrected chi connectivity index (χ0v) is 5.20. The zero-order valence-electron chi connectivity index (χ0n) is 5.20. The minimum absolute atomic E-state index is 0.164. The summed E-state index contributed by atoms with van der Waals surface area (Å²) in [5, 5.41) is 6.23. The average Bonchev–Trinajstić information content (AvgIpc) is 2.31. The number of aromatic nitrogens is 2. The summed E-state index contributed by atoms with van der Waals surface area (Å²) in [6.45, 7) is 0.530. The molecule has 0 aliphatic carbocycles. The molecule has 0 saturated heterocycles. The van der Waals surface area contributed by atoms with Crippen LogP contribution >= 0.6 is 0 Å². The predicted octanol–water partition coefficient (Wildman–Crippen LogP) is -0.335. The summed E-state index contributed by atoms with van der Waals surface area (Å²) in [6, 6.07) is 1.60. The maximum absolute atomic E-state index is 9.69. The third kappa shape index (κ3) is 1.48. The molecule has 0 saturated carbocycles. The van der Waals surface area contributed by atoms with Crippen LogP contribution < -0.4 is 5.73 Å². The van der Waals surface area contributed by atoms with E-state index in [0.29, 0.717) is 18.0 Å². The standard InChI is InChI=1S/C5H7N3O2/c6-5-1-4(7-8-5)2-10-3-9/h1,3H,2H2,(H3,6,7,8). The van der Waals surface area contributed by atoms with Gasteiger partial charge < -0.3 is 10.5 Å². The van der Waals surface area contributed by atoms with Crippen LogP contribution in [0.1, 0.15) is 5.69 Å². The number of carbonyl (C=O) groups is 1. The van der Waals surface area contributed by atoms with Gasteiger partial charge in [-0.05, 0) is 0 Å². The number of nitrogens with zero attached hydrogens (tertiary/aromatic N) is 1. The van der Waals surface area contributed by atoms with Crippen molar-refractivity contribution in [2.75, 3.05) is 5.73 Å². The van der Waals surface area contributed by atoms with Crippen molar-refractivity contribution in [1.29, 1.82) is 0 Å². The number of nitrogen functional groups attached to an aromatic ring is 1. The number of nitrogens with one attached hydrogen (secondary N) is 1. The van der Waals surface area contributed by atoms with E-state index >= 15 is 0 Å². The van der Waals surface area contributed by atoms with Gasteiger partial charge in [-0.15, -0.1) is 0 Å². The first kappa shape index (κ1) is 6.60. The maximum atomic E-state index is 9.69. The van der Waals surface area contributed by atoms with Crippen molar-refractivity contribution >= 4 is 12.3 Å². The third-order valence-corrected chi connectivity index (χ3v) is 0.950. The van der Waals surface area contributed by atoms with Crippen molar-refractivity contribution in [3.8, 4) is 0 Å². The molecule has 54 valence electrons. The molecule has 3 N–H and O–H groups in total. The number of aromatic amines is 1. The van der Waals surface area contributed by atoms with Crippen molar-refractivity contribution < 1.29 is 9.53 Å². The maximum Gasteiger partial charge on any atom is 0.293 e. The van der Waals surface area contributed by atoms with Crippen molar-refractivity contribution in [3.05, 3.63) is 11.8 Å². The van der Waals surface area contributed by atoms with E-state index in [1.54, 1.807) is 6.07 Å². The number of nitrogens with two attached hydrogens (primary N) is 1. The van der Waals surface area contributed by atoms with Crippen LogP contribution in [0.4, 0.5) is 5.82 Å². The van der Waals surface area contributed by atoms with E-state index in [1.165, 1.54) is 0 Å². The van der Waals surface area contributed by atoms with Crippen molar-refractivity contribution in [1.82, 2.24) is 10.2 Å². The fraction of sp³-hybridized carbons (Fsp3) is 0.200. The van der Waals surface area contributed by atoms with Gasteiger partial charge in [0.25, 0.3) is 6.47 Å². The lowest BCUT2D eigenvalue weighted by atomic mass is 10.4. The minimum Gasteiger partial charge on any atom is -0.461 e. The molecule has 5 nitrogen and oxygen atoms in total. The smallest absolute Gasteiger partial charge is 0.293 e. The van der Waals surface area contributed by atoms with Crippen LogP contribution in [-0.4, -0.2) is 16.7 Å². The molecule has 0 bridgehead atoms. The molecule has 0 unspecified atom stereocenters. The van der Waals surface area contributed by atoms with Crippen LogP contribution in [0, 0.1) is 0 Å². The number of carbonyl (C=O) groups excluding carboxylic acids is 1. The molecule has 0 atom stereocenters. The summed E-state index contributed by atoms with van der Waals surface area (Å²) in [4.78, 5) is 9.69. The Morgan fingerprint density at radius 1 is 1.90 bits per heavy atom. The average molecular weight is 141 g/mol. The fourth-order valence-corrected chi connectivity index (χ4v) is 0.574. The molecule has 0 radical (unpaired) electrons. The van der Waals surface area contributed by atoms with Gasteiger partial charge in [-0.25, -0.2) is 0 Å². The van der Waals surface area contributed by atoms with E-state index in [0.717, 1.165) is 0 Å². The van der Waals surface area contributed by atoms with Crippen LogP contribution in [-0.2, 0) is 16.1 Å². The molecule has 10 heavy (non-hydrogen) atoms. The molecule has 1 aromatic rings. The molecule has 1 aromatic heterocycles. The Morgan fingerprint density at radius 2 is 2.70 bits per heavy atom. The van der Waals surface area contributed by atoms with Gasteiger partial charge in [-0.1, -0.05) is 0 Å². The topological polar surface area (TPSA) is 81.0 Å². The summed E-state index contributed by atoms with van der Waals surface area (Å²) >= 11 is 0. The number of anilines is 1. The van der Waals surface area contributed by atoms with Gasteiger partial charge in [-0.3, -0.25) is 9.89 Å². The van der Waals surface area contributed by atoms with Crippen molar-refractivity contribution in [3.63, 3.8) is 0 Å². The van der Waals surface area contributed by atoms with Crippen LogP contribution in [0.15, 0.2) is 6.07 Å². The SMILES string of the molecule is Nc1cc(COC=O)n[nH]1. The van der Waals surface area contributed by atoms with Crippen LogP contribution in [0.5, 0.6) is 0 Å². The van der Waals surface area contributed by atoms with Gasteiger partial charge in [0.05, 0.1) is 0 Å². The molecular formula is C5H7N3O2. The first-order valence-electron chi connectivity index (χ1n) is 2.68. The van der Waals surface area contributed by atoms with Crippen molar-refractivity contribution in [2.24, 2.45) is 0 Å². The molecule has 0 aromatic carbocycles. The summed E-state index contributed by atoms with van der Waals surface area (Å²) in [5.74, 6) is 0.462. The van der Waals surface area contributed by atoms with E-state index in [4.69, 9.17) is 5.73 Å². The Kier molecular flexibility index (Phi) is 1.89. The largest absolute Gasteiger partial charge is 0.461 e. The van der Waals surface area contributed by atoms with Gasteiger partial charge in [0.15, 0.2) is 0 Å². The Morgan fingerprint density at radius 3 is 3.20 bits per heavy atom. The highest BCUT2D eigenvalue weighted by atomic mass is 16.5. The lowest BCUT2D eigenvalue weighted by Crippen LogP contribution is -1.89. The number of ether oxygens (including phenoxy) is 1. The Balaban J connectivity index is 2.49. The van der Waals surface area contributed by atoms with E-state index < -0.39 is 0 Å². The summed E-state index contributed by atoms with van der Waals surface area (Å²) in [7, 11) is 0. The molecule has 0 aliphatic heterocycles. The number of hydrogen-bond donors (Lipinski definition) is 2.